The first-order chi connectivity index (χ1) is 7.46. The zero-order valence-corrected chi connectivity index (χ0v) is 10.7. The van der Waals surface area contributed by atoms with Crippen LogP contribution in [0.4, 0.5) is 0 Å². The third-order valence-corrected chi connectivity index (χ3v) is 4.60. The van der Waals surface area contributed by atoms with Crippen molar-refractivity contribution >= 4 is 15.9 Å². The van der Waals surface area contributed by atoms with Crippen LogP contribution in [0, 0.1) is 5.41 Å². The van der Waals surface area contributed by atoms with Gasteiger partial charge in [0.05, 0.1) is 11.2 Å². The van der Waals surface area contributed by atoms with E-state index in [9.17, 15) is 13.2 Å². The van der Waals surface area contributed by atoms with Crippen LogP contribution in [0.5, 0.6) is 0 Å². The molecule has 1 amide bonds. The molecular weight excluding hydrogens is 228 g/mol. The fraction of sp³-hybridized carbons (Fsp3) is 0.900. The van der Waals surface area contributed by atoms with Crippen LogP contribution in [-0.4, -0.2) is 33.2 Å². The number of piperidine rings is 1. The Morgan fingerprint density at radius 3 is 2.31 bits per heavy atom. The number of carbonyl (C=O) groups excluding carboxylic acids is 1. The first-order valence-electron chi connectivity index (χ1n) is 5.71. The monoisotopic (exact) mass is 248 g/mol. The summed E-state index contributed by atoms with van der Waals surface area (Å²) in [7, 11) is -3.44. The van der Waals surface area contributed by atoms with Gasteiger partial charge in [-0.3, -0.25) is 9.52 Å². The van der Waals surface area contributed by atoms with Crippen molar-refractivity contribution in [2.45, 2.75) is 33.1 Å². The highest BCUT2D eigenvalue weighted by molar-refractivity contribution is 7.90. The number of amides is 1. The molecule has 1 saturated heterocycles. The second kappa shape index (κ2) is 5.14. The molecule has 6 heteroatoms. The van der Waals surface area contributed by atoms with Gasteiger partial charge in [-0.25, -0.2) is 8.42 Å². The summed E-state index contributed by atoms with van der Waals surface area (Å²) in [6.07, 6.45) is 2.09. The molecule has 0 aromatic rings. The highest BCUT2D eigenvalue weighted by atomic mass is 32.2. The number of rotatable bonds is 4. The van der Waals surface area contributed by atoms with Gasteiger partial charge in [-0.15, -0.1) is 0 Å². The molecule has 1 aliphatic heterocycles. The molecule has 0 bridgehead atoms. The summed E-state index contributed by atoms with van der Waals surface area (Å²) in [5.41, 5.74) is -0.506. The van der Waals surface area contributed by atoms with Gasteiger partial charge in [0.1, 0.15) is 0 Å². The smallest absolute Gasteiger partial charge is 0.239 e. The second-order valence-corrected chi connectivity index (χ2v) is 6.23. The Hall–Kier alpha value is -0.620. The van der Waals surface area contributed by atoms with Crippen molar-refractivity contribution in [1.29, 1.82) is 0 Å². The molecule has 1 heterocycles. The fourth-order valence-corrected chi connectivity index (χ4v) is 2.61. The molecule has 1 rings (SSSR count). The van der Waals surface area contributed by atoms with Gasteiger partial charge in [-0.05, 0) is 39.3 Å². The van der Waals surface area contributed by atoms with Crippen molar-refractivity contribution in [1.82, 2.24) is 10.0 Å². The van der Waals surface area contributed by atoms with Crippen molar-refractivity contribution in [3.63, 3.8) is 0 Å². The average Bonchev–Trinajstić information content (AvgIpc) is 2.29. The standard InChI is InChI=1S/C10H20N2O3S/c1-3-10(5-7-11-8-6-10)9(13)12-16(14,15)4-2/h11H,3-8H2,1-2H3,(H,12,13). The maximum atomic E-state index is 12.0. The SMILES string of the molecule is CCC1(C(=O)NS(=O)(=O)CC)CCNCC1. The summed E-state index contributed by atoms with van der Waals surface area (Å²) >= 11 is 0. The molecular formula is C10H20N2O3S. The zero-order chi connectivity index (χ0) is 12.2. The van der Waals surface area contributed by atoms with Gasteiger partial charge in [-0.1, -0.05) is 6.92 Å². The quantitative estimate of drug-likeness (QED) is 0.747. The first-order valence-corrected chi connectivity index (χ1v) is 7.36. The number of sulfonamides is 1. The lowest BCUT2D eigenvalue weighted by Crippen LogP contribution is -2.49. The maximum Gasteiger partial charge on any atom is 0.239 e. The van der Waals surface area contributed by atoms with Crippen LogP contribution in [0.3, 0.4) is 0 Å². The summed E-state index contributed by atoms with van der Waals surface area (Å²) in [5, 5.41) is 3.18. The highest BCUT2D eigenvalue weighted by Crippen LogP contribution is 2.32. The van der Waals surface area contributed by atoms with Crippen LogP contribution in [-0.2, 0) is 14.8 Å². The van der Waals surface area contributed by atoms with Crippen LogP contribution >= 0.6 is 0 Å². The lowest BCUT2D eigenvalue weighted by Gasteiger charge is -2.35. The number of nitrogens with one attached hydrogen (secondary N) is 2. The summed E-state index contributed by atoms with van der Waals surface area (Å²) in [6, 6.07) is 0. The molecule has 0 aliphatic carbocycles. The molecule has 94 valence electrons. The van der Waals surface area contributed by atoms with Gasteiger partial charge >= 0.3 is 0 Å². The Kier molecular flexibility index (Phi) is 4.32. The minimum atomic E-state index is -3.44. The van der Waals surface area contributed by atoms with E-state index in [1.165, 1.54) is 6.92 Å². The molecule has 0 aromatic heterocycles. The molecule has 0 unspecified atom stereocenters. The normalized spacial score (nSPS) is 20.4. The molecule has 5 nitrogen and oxygen atoms in total. The van der Waals surface area contributed by atoms with Gasteiger partial charge in [0.25, 0.3) is 0 Å². The van der Waals surface area contributed by atoms with Crippen LogP contribution in [0.15, 0.2) is 0 Å². The molecule has 16 heavy (non-hydrogen) atoms. The fourth-order valence-electron chi connectivity index (χ4n) is 1.97. The van der Waals surface area contributed by atoms with Gasteiger partial charge in [-0.2, -0.15) is 0 Å². The van der Waals surface area contributed by atoms with Crippen LogP contribution in [0.2, 0.25) is 0 Å². The Balaban J connectivity index is 2.77. The highest BCUT2D eigenvalue weighted by Gasteiger charge is 2.39. The number of hydrogen-bond donors (Lipinski definition) is 2. The van der Waals surface area contributed by atoms with Gasteiger partial charge in [0, 0.05) is 0 Å². The average molecular weight is 248 g/mol. The third kappa shape index (κ3) is 2.95. The lowest BCUT2D eigenvalue weighted by atomic mass is 9.76. The molecule has 0 spiro atoms. The largest absolute Gasteiger partial charge is 0.317 e. The Morgan fingerprint density at radius 2 is 1.88 bits per heavy atom. The van der Waals surface area contributed by atoms with Gasteiger partial charge in [0.2, 0.25) is 15.9 Å². The Morgan fingerprint density at radius 1 is 1.31 bits per heavy atom. The van der Waals surface area contributed by atoms with E-state index in [1.807, 2.05) is 6.92 Å². The molecule has 0 aromatic carbocycles. The summed E-state index contributed by atoms with van der Waals surface area (Å²) in [5.74, 6) is -0.394. The first kappa shape index (κ1) is 13.4. The van der Waals surface area contributed by atoms with Crippen LogP contribution < -0.4 is 10.0 Å². The molecule has 0 atom stereocenters. The third-order valence-electron chi connectivity index (χ3n) is 3.35. The van der Waals surface area contributed by atoms with E-state index in [0.29, 0.717) is 19.3 Å². The number of carbonyl (C=O) groups is 1. The van der Waals surface area contributed by atoms with Crippen LogP contribution in [0.25, 0.3) is 0 Å². The predicted molar refractivity (Wildman–Crippen MR) is 62.4 cm³/mol. The number of hydrogen-bond acceptors (Lipinski definition) is 4. The van der Waals surface area contributed by atoms with E-state index in [0.717, 1.165) is 13.1 Å². The van der Waals surface area contributed by atoms with Crippen molar-refractivity contribution in [3.8, 4) is 0 Å². The lowest BCUT2D eigenvalue weighted by molar-refractivity contribution is -0.130. The van der Waals surface area contributed by atoms with Gasteiger partial charge < -0.3 is 5.32 Å². The van der Waals surface area contributed by atoms with E-state index in [-0.39, 0.29) is 11.7 Å². The molecule has 0 radical (unpaired) electrons. The topological polar surface area (TPSA) is 75.3 Å². The van der Waals surface area contributed by atoms with E-state index < -0.39 is 15.4 Å². The minimum Gasteiger partial charge on any atom is -0.317 e. The minimum absolute atomic E-state index is 0.0587. The van der Waals surface area contributed by atoms with Crippen molar-refractivity contribution < 1.29 is 13.2 Å². The van der Waals surface area contributed by atoms with E-state index >= 15 is 0 Å². The molecule has 1 aliphatic rings. The van der Waals surface area contributed by atoms with E-state index in [1.54, 1.807) is 0 Å². The second-order valence-electron chi connectivity index (χ2n) is 4.22. The van der Waals surface area contributed by atoms with Crippen molar-refractivity contribution in [2.24, 2.45) is 5.41 Å². The molecule has 1 fully saturated rings. The predicted octanol–water partition coefficient (Wildman–Crippen LogP) is 0.232. The zero-order valence-electron chi connectivity index (χ0n) is 9.88. The Labute approximate surface area is 97.0 Å². The van der Waals surface area contributed by atoms with E-state index in [2.05, 4.69) is 10.0 Å². The van der Waals surface area contributed by atoms with Gasteiger partial charge in [0.15, 0.2) is 0 Å². The Bertz CT molecular complexity index is 345. The summed E-state index contributed by atoms with van der Waals surface area (Å²) in [6.45, 7) is 5.00. The maximum absolute atomic E-state index is 12.0. The summed E-state index contributed by atoms with van der Waals surface area (Å²) < 4.78 is 24.9. The van der Waals surface area contributed by atoms with E-state index in [4.69, 9.17) is 0 Å². The summed E-state index contributed by atoms with van der Waals surface area (Å²) in [4.78, 5) is 12.0. The van der Waals surface area contributed by atoms with Crippen molar-refractivity contribution in [3.05, 3.63) is 0 Å². The molecule has 0 saturated carbocycles. The van der Waals surface area contributed by atoms with Crippen LogP contribution in [0.1, 0.15) is 33.1 Å². The molecule has 2 N–H and O–H groups in total. The van der Waals surface area contributed by atoms with Crippen molar-refractivity contribution in [2.75, 3.05) is 18.8 Å².